The summed E-state index contributed by atoms with van der Waals surface area (Å²) < 4.78 is 0.631. The van der Waals surface area contributed by atoms with Gasteiger partial charge in [0.25, 0.3) is 0 Å². The Labute approximate surface area is 121 Å². The fourth-order valence-electron chi connectivity index (χ4n) is 2.06. The van der Waals surface area contributed by atoms with Crippen LogP contribution < -0.4 is 4.90 Å². The Morgan fingerprint density at radius 3 is 2.78 bits per heavy atom. The van der Waals surface area contributed by atoms with E-state index in [1.165, 1.54) is 6.07 Å². The van der Waals surface area contributed by atoms with Crippen LogP contribution in [0.1, 0.15) is 16.8 Å². The maximum Gasteiger partial charge on any atom is 0.337 e. The quantitative estimate of drug-likeness (QED) is 0.825. The first kappa shape index (κ1) is 13.5. The van der Waals surface area contributed by atoms with Gasteiger partial charge in [-0.25, -0.2) is 4.79 Å². The van der Waals surface area contributed by atoms with Crippen molar-refractivity contribution >= 4 is 49.4 Å². The molecule has 6 heteroatoms. The number of aromatic carboxylic acids is 1. The molecule has 4 nitrogen and oxygen atoms in total. The number of carboxylic acid groups (broad SMARTS) is 1. The van der Waals surface area contributed by atoms with E-state index in [4.69, 9.17) is 0 Å². The minimum absolute atomic E-state index is 0.0335. The van der Waals surface area contributed by atoms with Crippen molar-refractivity contribution in [2.75, 3.05) is 16.8 Å². The van der Waals surface area contributed by atoms with Gasteiger partial charge in [0.1, 0.15) is 0 Å². The van der Waals surface area contributed by atoms with E-state index in [-0.39, 0.29) is 17.4 Å². The molecule has 0 saturated carbocycles. The van der Waals surface area contributed by atoms with Gasteiger partial charge in [-0.05, 0) is 34.0 Å². The lowest BCUT2D eigenvalue weighted by molar-refractivity contribution is -0.117. The molecule has 1 aliphatic heterocycles. The monoisotopic (exact) mass is 375 g/mol. The highest BCUT2D eigenvalue weighted by molar-refractivity contribution is 9.10. The van der Waals surface area contributed by atoms with Crippen molar-refractivity contribution < 1.29 is 14.7 Å². The Bertz CT molecular complexity index is 504. The maximum atomic E-state index is 12.0. The van der Waals surface area contributed by atoms with Gasteiger partial charge in [-0.2, -0.15) is 0 Å². The maximum absolute atomic E-state index is 12.0. The molecule has 1 saturated heterocycles. The summed E-state index contributed by atoms with van der Waals surface area (Å²) in [7, 11) is 0. The molecule has 1 N–H and O–H groups in total. The highest BCUT2D eigenvalue weighted by Crippen LogP contribution is 2.35. The van der Waals surface area contributed by atoms with E-state index in [1.807, 2.05) is 0 Å². The molecular weight excluding hydrogens is 366 g/mol. The number of nitrogens with zero attached hydrogens (tertiary/aromatic N) is 1. The first-order valence-corrected chi connectivity index (χ1v) is 7.34. The van der Waals surface area contributed by atoms with E-state index >= 15 is 0 Å². The van der Waals surface area contributed by atoms with Crippen LogP contribution in [0.3, 0.4) is 0 Å². The Hall–Kier alpha value is -0.880. The predicted molar refractivity (Wildman–Crippen MR) is 75.4 cm³/mol. The largest absolute Gasteiger partial charge is 0.478 e. The number of carbonyl (C=O) groups excluding carboxylic acids is 1. The molecule has 1 atom stereocenters. The molecule has 1 aromatic carbocycles. The fraction of sp³-hybridized carbons (Fsp3) is 0.333. The summed E-state index contributed by atoms with van der Waals surface area (Å²) in [6, 6.07) is 4.91. The normalized spacial score (nSPS) is 19.3. The lowest BCUT2D eigenvalue weighted by Gasteiger charge is -2.20. The zero-order valence-corrected chi connectivity index (χ0v) is 12.6. The van der Waals surface area contributed by atoms with Crippen molar-refractivity contribution in [3.05, 3.63) is 28.2 Å². The van der Waals surface area contributed by atoms with E-state index in [2.05, 4.69) is 31.9 Å². The Balaban J connectivity index is 2.45. The predicted octanol–water partition coefficient (Wildman–Crippen LogP) is 2.90. The number of anilines is 1. The van der Waals surface area contributed by atoms with Crippen LogP contribution in [0.25, 0.3) is 0 Å². The molecule has 0 radical (unpaired) electrons. The fourth-order valence-corrected chi connectivity index (χ4v) is 3.08. The molecule has 1 amide bonds. The van der Waals surface area contributed by atoms with Crippen LogP contribution in [0.2, 0.25) is 0 Å². The average Bonchev–Trinajstić information content (AvgIpc) is 2.70. The number of amides is 1. The van der Waals surface area contributed by atoms with Crippen LogP contribution in [0.4, 0.5) is 5.69 Å². The standard InChI is InChI=1S/C12H11Br2NO3/c13-5-7-4-10(16)15(6-7)11-8(12(17)18)2-1-3-9(11)14/h1-3,7H,4-6H2,(H,17,18). The summed E-state index contributed by atoms with van der Waals surface area (Å²) in [5, 5.41) is 9.93. The Morgan fingerprint density at radius 1 is 1.50 bits per heavy atom. The van der Waals surface area contributed by atoms with Crippen LogP contribution in [0.5, 0.6) is 0 Å². The minimum Gasteiger partial charge on any atom is -0.478 e. The van der Waals surface area contributed by atoms with Gasteiger partial charge < -0.3 is 10.0 Å². The number of carboxylic acids is 1. The second-order valence-electron chi connectivity index (χ2n) is 4.17. The third kappa shape index (κ3) is 2.44. The minimum atomic E-state index is -1.03. The third-order valence-corrected chi connectivity index (χ3v) is 4.47. The van der Waals surface area contributed by atoms with Gasteiger partial charge >= 0.3 is 5.97 Å². The zero-order chi connectivity index (χ0) is 13.3. The summed E-state index contributed by atoms with van der Waals surface area (Å²) in [4.78, 5) is 24.7. The second-order valence-corrected chi connectivity index (χ2v) is 5.67. The molecule has 1 aromatic rings. The molecule has 2 rings (SSSR count). The van der Waals surface area contributed by atoms with Crippen LogP contribution in [-0.2, 0) is 4.79 Å². The molecule has 1 heterocycles. The van der Waals surface area contributed by atoms with Crippen LogP contribution in [0, 0.1) is 5.92 Å². The van der Waals surface area contributed by atoms with Gasteiger partial charge in [0.15, 0.2) is 0 Å². The van der Waals surface area contributed by atoms with E-state index < -0.39 is 5.97 Å². The summed E-state index contributed by atoms with van der Waals surface area (Å²) in [5.41, 5.74) is 0.603. The van der Waals surface area contributed by atoms with Gasteiger partial charge in [-0.1, -0.05) is 22.0 Å². The summed E-state index contributed by atoms with van der Waals surface area (Å²) in [6.07, 6.45) is 0.450. The average molecular weight is 377 g/mol. The van der Waals surface area contributed by atoms with Crippen molar-refractivity contribution in [3.8, 4) is 0 Å². The van der Waals surface area contributed by atoms with Gasteiger partial charge in [-0.15, -0.1) is 0 Å². The number of para-hydroxylation sites is 1. The number of halogens is 2. The first-order valence-electron chi connectivity index (χ1n) is 5.42. The number of carbonyl (C=O) groups is 2. The smallest absolute Gasteiger partial charge is 0.337 e. The van der Waals surface area contributed by atoms with E-state index in [0.717, 1.165) is 5.33 Å². The molecule has 18 heavy (non-hydrogen) atoms. The van der Waals surface area contributed by atoms with E-state index in [9.17, 15) is 14.7 Å². The van der Waals surface area contributed by atoms with Gasteiger partial charge in [0, 0.05) is 22.8 Å². The van der Waals surface area contributed by atoms with Crippen molar-refractivity contribution in [3.63, 3.8) is 0 Å². The highest BCUT2D eigenvalue weighted by atomic mass is 79.9. The van der Waals surface area contributed by atoms with E-state index in [0.29, 0.717) is 23.1 Å². The third-order valence-electron chi connectivity index (χ3n) is 2.91. The molecule has 1 aliphatic rings. The first-order chi connectivity index (χ1) is 8.54. The van der Waals surface area contributed by atoms with Crippen molar-refractivity contribution in [1.29, 1.82) is 0 Å². The molecule has 0 aliphatic carbocycles. The SMILES string of the molecule is O=C(O)c1cccc(Br)c1N1CC(CBr)CC1=O. The molecule has 0 spiro atoms. The number of hydrogen-bond donors (Lipinski definition) is 1. The topological polar surface area (TPSA) is 57.6 Å². The number of alkyl halides is 1. The number of rotatable bonds is 3. The highest BCUT2D eigenvalue weighted by Gasteiger charge is 2.33. The van der Waals surface area contributed by atoms with Gasteiger partial charge in [-0.3, -0.25) is 4.79 Å². The van der Waals surface area contributed by atoms with Crippen LogP contribution >= 0.6 is 31.9 Å². The van der Waals surface area contributed by atoms with Crippen molar-refractivity contribution in [2.24, 2.45) is 5.92 Å². The molecule has 1 unspecified atom stereocenters. The number of benzene rings is 1. The van der Waals surface area contributed by atoms with Crippen molar-refractivity contribution in [2.45, 2.75) is 6.42 Å². The molecular formula is C12H11Br2NO3. The number of hydrogen-bond acceptors (Lipinski definition) is 2. The molecule has 0 bridgehead atoms. The van der Waals surface area contributed by atoms with Gasteiger partial charge in [0.2, 0.25) is 5.91 Å². The van der Waals surface area contributed by atoms with Crippen LogP contribution in [-0.4, -0.2) is 28.9 Å². The van der Waals surface area contributed by atoms with Crippen LogP contribution in [0.15, 0.2) is 22.7 Å². The Morgan fingerprint density at radius 2 is 2.22 bits per heavy atom. The Kier molecular flexibility index (Phi) is 4.07. The van der Waals surface area contributed by atoms with Gasteiger partial charge in [0.05, 0.1) is 11.3 Å². The summed E-state index contributed by atoms with van der Waals surface area (Å²) in [5.74, 6) is -0.832. The van der Waals surface area contributed by atoms with Crippen molar-refractivity contribution in [1.82, 2.24) is 0 Å². The molecule has 96 valence electrons. The summed E-state index contributed by atoms with van der Waals surface area (Å²) >= 11 is 6.69. The van der Waals surface area contributed by atoms with E-state index in [1.54, 1.807) is 17.0 Å². The second kappa shape index (κ2) is 5.40. The molecule has 1 fully saturated rings. The zero-order valence-electron chi connectivity index (χ0n) is 9.40. The lowest BCUT2D eigenvalue weighted by Crippen LogP contribution is -2.27. The lowest BCUT2D eigenvalue weighted by atomic mass is 10.1. The summed E-state index contributed by atoms with van der Waals surface area (Å²) in [6.45, 7) is 0.549. The molecule has 0 aromatic heterocycles.